The maximum absolute atomic E-state index is 5.36. The third-order valence-corrected chi connectivity index (χ3v) is 9.58. The molecule has 0 unspecified atom stereocenters. The number of hydrogen-bond acceptors (Lipinski definition) is 1. The van der Waals surface area contributed by atoms with Crippen molar-refractivity contribution in [3.05, 3.63) is 176 Å². The van der Waals surface area contributed by atoms with Gasteiger partial charge in [-0.05, 0) is 98.3 Å². The predicted octanol–water partition coefficient (Wildman–Crippen LogP) is 12.7. The molecule has 0 heterocycles. The van der Waals surface area contributed by atoms with Crippen LogP contribution in [0.25, 0.3) is 86.2 Å². The van der Waals surface area contributed by atoms with E-state index in [4.69, 9.17) is 5.73 Å². The molecule has 0 fully saturated rings. The number of rotatable bonds is 0. The molecule has 0 aliphatic rings. The number of anilines is 1. The lowest BCUT2D eigenvalue weighted by atomic mass is 9.90. The number of fused-ring (bicyclic) bond motifs is 4. The fourth-order valence-corrected chi connectivity index (χ4v) is 7.61. The fourth-order valence-electron chi connectivity index (χ4n) is 7.61. The summed E-state index contributed by atoms with van der Waals surface area (Å²) in [5, 5.41) is 21.8. The monoisotopic (exact) mass is 597 g/mol. The zero-order valence-corrected chi connectivity index (χ0v) is 25.8. The molecule has 1 heteroatoms. The zero-order chi connectivity index (χ0) is 31.3. The molecule has 11 rings (SSSR count). The van der Waals surface area contributed by atoms with Crippen LogP contribution in [0.15, 0.2) is 176 Å². The van der Waals surface area contributed by atoms with E-state index in [2.05, 4.69) is 146 Å². The van der Waals surface area contributed by atoms with Crippen LogP contribution in [0.4, 0.5) is 5.69 Å². The van der Waals surface area contributed by atoms with Gasteiger partial charge in [0.2, 0.25) is 0 Å². The minimum absolute atomic E-state index is 0.822. The smallest absolute Gasteiger partial charge is 0.0313 e. The Kier molecular flexibility index (Phi) is 6.36. The Bertz CT molecular complexity index is 2330. The summed E-state index contributed by atoms with van der Waals surface area (Å²) < 4.78 is 0. The van der Waals surface area contributed by atoms with Gasteiger partial charge in [0, 0.05) is 5.69 Å². The molecule has 0 aromatic heterocycles. The molecule has 0 bridgehead atoms. The summed E-state index contributed by atoms with van der Waals surface area (Å²) in [5.41, 5.74) is 6.18. The van der Waals surface area contributed by atoms with Gasteiger partial charge < -0.3 is 5.73 Å². The van der Waals surface area contributed by atoms with Gasteiger partial charge in [0.25, 0.3) is 0 Å². The highest BCUT2D eigenvalue weighted by Crippen LogP contribution is 2.41. The first-order valence-electron chi connectivity index (χ1n) is 16.2. The van der Waals surface area contributed by atoms with Crippen molar-refractivity contribution >= 4 is 91.9 Å². The van der Waals surface area contributed by atoms with Gasteiger partial charge in [0.1, 0.15) is 0 Å². The fraction of sp³-hybridized carbons (Fsp3) is 0. The SMILES string of the molecule is Nc1ccccc1.c1cc2cccc3c4cccc5cccc(c(c1)c23)c54.c1cc2cccc3c4cccc5cccc(c(c1)c23)c54. The Hall–Kier alpha value is -6.18. The predicted molar refractivity (Wildman–Crippen MR) is 206 cm³/mol. The van der Waals surface area contributed by atoms with Crippen molar-refractivity contribution in [3.8, 4) is 0 Å². The van der Waals surface area contributed by atoms with E-state index in [-0.39, 0.29) is 0 Å². The van der Waals surface area contributed by atoms with E-state index in [1.54, 1.807) is 0 Å². The van der Waals surface area contributed by atoms with Gasteiger partial charge in [0.05, 0.1) is 0 Å². The lowest BCUT2D eigenvalue weighted by Crippen LogP contribution is -1.85. The molecule has 0 saturated heterocycles. The highest BCUT2D eigenvalue weighted by atomic mass is 14.5. The molecule has 0 amide bonds. The second-order valence-electron chi connectivity index (χ2n) is 12.2. The summed E-state index contributed by atoms with van der Waals surface area (Å²) in [4.78, 5) is 0. The molecule has 2 N–H and O–H groups in total. The quantitative estimate of drug-likeness (QED) is 0.105. The first kappa shape index (κ1) is 27.2. The van der Waals surface area contributed by atoms with E-state index in [1.165, 1.54) is 86.2 Å². The van der Waals surface area contributed by atoms with Crippen LogP contribution < -0.4 is 5.73 Å². The van der Waals surface area contributed by atoms with Crippen molar-refractivity contribution in [1.82, 2.24) is 0 Å². The highest BCUT2D eigenvalue weighted by molar-refractivity contribution is 6.34. The molecular formula is C46H31N. The largest absolute Gasteiger partial charge is 0.399 e. The molecule has 11 aromatic rings. The van der Waals surface area contributed by atoms with Gasteiger partial charge in [-0.15, -0.1) is 0 Å². The van der Waals surface area contributed by atoms with E-state index >= 15 is 0 Å². The third kappa shape index (κ3) is 4.40. The van der Waals surface area contributed by atoms with Crippen LogP contribution in [0.5, 0.6) is 0 Å². The van der Waals surface area contributed by atoms with Crippen molar-refractivity contribution < 1.29 is 0 Å². The molecule has 11 aromatic carbocycles. The Morgan fingerprint density at radius 1 is 0.213 bits per heavy atom. The van der Waals surface area contributed by atoms with E-state index in [9.17, 15) is 0 Å². The van der Waals surface area contributed by atoms with Gasteiger partial charge in [-0.1, -0.05) is 164 Å². The maximum atomic E-state index is 5.36. The molecule has 0 radical (unpaired) electrons. The summed E-state index contributed by atoms with van der Waals surface area (Å²) in [6.07, 6.45) is 0. The summed E-state index contributed by atoms with van der Waals surface area (Å²) in [6, 6.07) is 62.4. The van der Waals surface area contributed by atoms with Crippen LogP contribution in [0, 0.1) is 0 Å². The molecule has 0 spiro atoms. The third-order valence-electron chi connectivity index (χ3n) is 9.58. The average molecular weight is 598 g/mol. The van der Waals surface area contributed by atoms with Crippen LogP contribution in [0.3, 0.4) is 0 Å². The lowest BCUT2D eigenvalue weighted by Gasteiger charge is -2.13. The average Bonchev–Trinajstić information content (AvgIpc) is 3.13. The number of hydrogen-bond donors (Lipinski definition) is 1. The van der Waals surface area contributed by atoms with Crippen LogP contribution in [-0.4, -0.2) is 0 Å². The highest BCUT2D eigenvalue weighted by Gasteiger charge is 2.12. The van der Waals surface area contributed by atoms with Crippen molar-refractivity contribution in [1.29, 1.82) is 0 Å². The lowest BCUT2D eigenvalue weighted by molar-refractivity contribution is 1.69. The summed E-state index contributed by atoms with van der Waals surface area (Å²) in [7, 11) is 0. The first-order valence-corrected chi connectivity index (χ1v) is 16.2. The molecule has 220 valence electrons. The Morgan fingerprint density at radius 3 is 0.596 bits per heavy atom. The number of nitrogen functional groups attached to an aromatic ring is 1. The Labute approximate surface area is 272 Å². The number of benzene rings is 11. The van der Waals surface area contributed by atoms with Crippen molar-refractivity contribution in [2.75, 3.05) is 5.73 Å². The van der Waals surface area contributed by atoms with E-state index in [0.29, 0.717) is 0 Å². The maximum Gasteiger partial charge on any atom is 0.0313 e. The molecule has 1 nitrogen and oxygen atoms in total. The number of nitrogens with two attached hydrogens (primary N) is 1. The van der Waals surface area contributed by atoms with Gasteiger partial charge in [-0.2, -0.15) is 0 Å². The molecule has 47 heavy (non-hydrogen) atoms. The zero-order valence-electron chi connectivity index (χ0n) is 25.8. The van der Waals surface area contributed by atoms with Gasteiger partial charge in [-0.3, -0.25) is 0 Å². The van der Waals surface area contributed by atoms with E-state index in [0.717, 1.165) is 5.69 Å². The molecular weight excluding hydrogens is 567 g/mol. The Morgan fingerprint density at radius 2 is 0.426 bits per heavy atom. The first-order chi connectivity index (χ1) is 23.3. The van der Waals surface area contributed by atoms with Gasteiger partial charge >= 0.3 is 0 Å². The molecule has 0 atom stereocenters. The summed E-state index contributed by atoms with van der Waals surface area (Å²) in [5.74, 6) is 0. The Balaban J connectivity index is 0.000000107. The second kappa shape index (κ2) is 11.0. The second-order valence-corrected chi connectivity index (χ2v) is 12.2. The topological polar surface area (TPSA) is 26.0 Å². The molecule has 0 aliphatic heterocycles. The minimum Gasteiger partial charge on any atom is -0.399 e. The minimum atomic E-state index is 0.822. The summed E-state index contributed by atoms with van der Waals surface area (Å²) in [6.45, 7) is 0. The van der Waals surface area contributed by atoms with Crippen LogP contribution >= 0.6 is 0 Å². The van der Waals surface area contributed by atoms with Gasteiger partial charge in [-0.25, -0.2) is 0 Å². The van der Waals surface area contributed by atoms with Crippen LogP contribution in [0.1, 0.15) is 0 Å². The van der Waals surface area contributed by atoms with Crippen LogP contribution in [-0.2, 0) is 0 Å². The van der Waals surface area contributed by atoms with Gasteiger partial charge in [0.15, 0.2) is 0 Å². The van der Waals surface area contributed by atoms with Crippen molar-refractivity contribution in [3.63, 3.8) is 0 Å². The van der Waals surface area contributed by atoms with Crippen molar-refractivity contribution in [2.45, 2.75) is 0 Å². The normalized spacial score (nSPS) is 11.5. The summed E-state index contributed by atoms with van der Waals surface area (Å²) >= 11 is 0. The van der Waals surface area contributed by atoms with E-state index < -0.39 is 0 Å². The molecule has 0 aliphatic carbocycles. The van der Waals surface area contributed by atoms with Crippen LogP contribution in [0.2, 0.25) is 0 Å². The van der Waals surface area contributed by atoms with Crippen molar-refractivity contribution in [2.24, 2.45) is 0 Å². The molecule has 0 saturated carbocycles. The number of para-hydroxylation sites is 1. The standard InChI is InChI=1S/2C20H12.C6H7N/c2*1-5-13-6-2-11-17-18-12-4-8-14-7-3-10-16(20(14)18)15(9-1)19(13)17;7-6-4-2-1-3-5-6/h2*1-12H;1-5H,7H2. The van der Waals surface area contributed by atoms with E-state index in [1.807, 2.05) is 30.3 Å².